The maximum Gasteiger partial charge on any atom is 0.263 e. The molecule has 1 aliphatic rings. The van der Waals surface area contributed by atoms with E-state index in [0.29, 0.717) is 36.7 Å². The van der Waals surface area contributed by atoms with E-state index >= 15 is 0 Å². The van der Waals surface area contributed by atoms with Gasteiger partial charge in [0.2, 0.25) is 0 Å². The third kappa shape index (κ3) is 5.26. The minimum atomic E-state index is -3.61. The van der Waals surface area contributed by atoms with Gasteiger partial charge in [0.15, 0.2) is 10.6 Å². The zero-order valence-electron chi connectivity index (χ0n) is 16.3. The van der Waals surface area contributed by atoms with Crippen LogP contribution in [0.1, 0.15) is 26.7 Å². The topological polar surface area (TPSA) is 88.6 Å². The molecule has 156 valence electrons. The highest BCUT2D eigenvalue weighted by atomic mass is 35.5. The molecule has 1 saturated heterocycles. The van der Waals surface area contributed by atoms with Crippen molar-refractivity contribution < 1.29 is 17.9 Å². The Bertz CT molecular complexity index is 941. The summed E-state index contributed by atoms with van der Waals surface area (Å²) in [7, 11) is -3.61. The molecule has 0 saturated carbocycles. The van der Waals surface area contributed by atoms with Gasteiger partial charge in [-0.15, -0.1) is 0 Å². The average Bonchev–Trinajstić information content (AvgIpc) is 2.70. The van der Waals surface area contributed by atoms with Gasteiger partial charge >= 0.3 is 0 Å². The summed E-state index contributed by atoms with van der Waals surface area (Å²) in [5.74, 6) is 0.296. The van der Waals surface area contributed by atoms with Gasteiger partial charge in [0.05, 0.1) is 0 Å². The van der Waals surface area contributed by atoms with Gasteiger partial charge in [0.1, 0.15) is 5.75 Å². The van der Waals surface area contributed by atoms with Crippen molar-refractivity contribution in [1.82, 2.24) is 14.6 Å². The molecule has 0 radical (unpaired) electrons. The minimum absolute atomic E-state index is 0.0417. The number of sulfonamides is 1. The first-order chi connectivity index (χ1) is 13.7. The number of hydrogen-bond donors (Lipinski definition) is 1. The lowest BCUT2D eigenvalue weighted by Crippen LogP contribution is -2.53. The Morgan fingerprint density at radius 3 is 2.41 bits per heavy atom. The van der Waals surface area contributed by atoms with Gasteiger partial charge in [-0.25, -0.2) is 13.4 Å². The van der Waals surface area contributed by atoms with Crippen molar-refractivity contribution in [1.29, 1.82) is 0 Å². The number of carbonyl (C=O) groups excluding carboxylic acids is 1. The number of pyridine rings is 1. The summed E-state index contributed by atoms with van der Waals surface area (Å²) in [4.78, 5) is 16.6. The highest BCUT2D eigenvalue weighted by Crippen LogP contribution is 2.23. The second-order valence-electron chi connectivity index (χ2n) is 7.39. The molecule has 1 N–H and O–H groups in total. The predicted octanol–water partition coefficient (Wildman–Crippen LogP) is 2.86. The molecule has 2 aromatic rings. The number of piperidine rings is 1. The highest BCUT2D eigenvalue weighted by molar-refractivity contribution is 7.89. The number of aromatic nitrogens is 1. The molecule has 1 fully saturated rings. The zero-order chi connectivity index (χ0) is 21.1. The first kappa shape index (κ1) is 21.5. The molecule has 1 aromatic carbocycles. The first-order valence-electron chi connectivity index (χ1n) is 9.35. The van der Waals surface area contributed by atoms with Crippen molar-refractivity contribution in [3.8, 4) is 5.75 Å². The monoisotopic (exact) mass is 437 g/mol. The Morgan fingerprint density at radius 2 is 1.83 bits per heavy atom. The summed E-state index contributed by atoms with van der Waals surface area (Å²) in [6, 6.07) is 11.5. The summed E-state index contributed by atoms with van der Waals surface area (Å²) in [5, 5.41) is 3.61. The maximum absolute atomic E-state index is 12.7. The van der Waals surface area contributed by atoms with Crippen molar-refractivity contribution in [2.24, 2.45) is 0 Å². The van der Waals surface area contributed by atoms with Gasteiger partial charge in [0, 0.05) is 30.4 Å². The van der Waals surface area contributed by atoms with E-state index in [2.05, 4.69) is 10.3 Å². The predicted molar refractivity (Wildman–Crippen MR) is 110 cm³/mol. The number of nitrogens with one attached hydrogen (secondary N) is 1. The van der Waals surface area contributed by atoms with E-state index in [9.17, 15) is 13.2 Å². The van der Waals surface area contributed by atoms with E-state index in [1.165, 1.54) is 16.6 Å². The minimum Gasteiger partial charge on any atom is -0.478 e. The van der Waals surface area contributed by atoms with Crippen LogP contribution in [0.25, 0.3) is 0 Å². The van der Waals surface area contributed by atoms with Crippen LogP contribution >= 0.6 is 11.6 Å². The first-order valence-corrected chi connectivity index (χ1v) is 11.2. The molecule has 9 heteroatoms. The molecule has 1 aliphatic heterocycles. The van der Waals surface area contributed by atoms with Gasteiger partial charge in [-0.05, 0) is 63.1 Å². The number of benzene rings is 1. The fourth-order valence-corrected chi connectivity index (χ4v) is 4.60. The molecule has 0 atom stereocenters. The van der Waals surface area contributed by atoms with Crippen LogP contribution in [0.5, 0.6) is 5.75 Å². The van der Waals surface area contributed by atoms with Crippen molar-refractivity contribution in [2.75, 3.05) is 13.1 Å². The normalized spacial score (nSPS) is 16.4. The quantitative estimate of drug-likeness (QED) is 0.750. The molecule has 0 bridgehead atoms. The fourth-order valence-electron chi connectivity index (χ4n) is 3.08. The van der Waals surface area contributed by atoms with Crippen LogP contribution in [0.4, 0.5) is 0 Å². The SMILES string of the molecule is CC(C)(Oc1ccc(Cl)cc1)C(=O)NC1CCN(S(=O)(=O)c2ccccn2)CC1. The molecular formula is C20H24ClN3O4S. The van der Waals surface area contributed by atoms with Gasteiger partial charge in [0.25, 0.3) is 15.9 Å². The lowest BCUT2D eigenvalue weighted by atomic mass is 10.0. The summed E-state index contributed by atoms with van der Waals surface area (Å²) < 4.78 is 32.5. The smallest absolute Gasteiger partial charge is 0.263 e. The van der Waals surface area contributed by atoms with Crippen molar-refractivity contribution in [3.05, 3.63) is 53.7 Å². The lowest BCUT2D eigenvalue weighted by Gasteiger charge is -2.33. The third-order valence-electron chi connectivity index (χ3n) is 4.76. The molecule has 3 rings (SSSR count). The summed E-state index contributed by atoms with van der Waals surface area (Å²) >= 11 is 5.87. The van der Waals surface area contributed by atoms with E-state index in [1.807, 2.05) is 0 Å². The molecular weight excluding hydrogens is 414 g/mol. The van der Waals surface area contributed by atoms with Crippen molar-refractivity contribution in [2.45, 2.75) is 43.4 Å². The molecule has 1 aromatic heterocycles. The van der Waals surface area contributed by atoms with Gasteiger partial charge in [-0.3, -0.25) is 4.79 Å². The summed E-state index contributed by atoms with van der Waals surface area (Å²) in [5.41, 5.74) is -1.08. The molecule has 2 heterocycles. The van der Waals surface area contributed by atoms with Gasteiger partial charge < -0.3 is 10.1 Å². The van der Waals surface area contributed by atoms with Crippen LogP contribution in [-0.4, -0.2) is 48.3 Å². The van der Waals surface area contributed by atoms with E-state index < -0.39 is 15.6 Å². The fraction of sp³-hybridized carbons (Fsp3) is 0.400. The number of amides is 1. The van der Waals surface area contributed by atoms with Crippen LogP contribution in [-0.2, 0) is 14.8 Å². The summed E-state index contributed by atoms with van der Waals surface area (Å²) in [6.45, 7) is 4.03. The molecule has 1 amide bonds. The Hall–Kier alpha value is -2.16. The van der Waals surface area contributed by atoms with Crippen LogP contribution in [0.3, 0.4) is 0 Å². The average molecular weight is 438 g/mol. The van der Waals surface area contributed by atoms with Crippen LogP contribution in [0, 0.1) is 0 Å². The van der Waals surface area contributed by atoms with E-state index in [4.69, 9.17) is 16.3 Å². The Kier molecular flexibility index (Phi) is 6.45. The Labute approximate surface area is 176 Å². The van der Waals surface area contributed by atoms with Crippen LogP contribution < -0.4 is 10.1 Å². The Balaban J connectivity index is 1.56. The standard InChI is InChI=1S/C20H24ClN3O4S/c1-20(2,28-17-8-6-15(21)7-9-17)19(25)23-16-10-13-24(14-11-16)29(26,27)18-5-3-4-12-22-18/h3-9,12,16H,10-11,13-14H2,1-2H3,(H,23,25). The van der Waals surface area contributed by atoms with Crippen LogP contribution in [0.2, 0.25) is 5.02 Å². The lowest BCUT2D eigenvalue weighted by molar-refractivity contribution is -0.135. The highest BCUT2D eigenvalue weighted by Gasteiger charge is 2.35. The largest absolute Gasteiger partial charge is 0.478 e. The maximum atomic E-state index is 12.7. The number of carbonyl (C=O) groups is 1. The second-order valence-corrected chi connectivity index (χ2v) is 9.71. The molecule has 29 heavy (non-hydrogen) atoms. The van der Waals surface area contributed by atoms with Crippen LogP contribution in [0.15, 0.2) is 53.7 Å². The second kappa shape index (κ2) is 8.69. The molecule has 7 nitrogen and oxygen atoms in total. The zero-order valence-corrected chi connectivity index (χ0v) is 17.9. The van der Waals surface area contributed by atoms with Crippen molar-refractivity contribution in [3.63, 3.8) is 0 Å². The van der Waals surface area contributed by atoms with Gasteiger partial charge in [-0.1, -0.05) is 17.7 Å². The number of halogens is 1. The Morgan fingerprint density at radius 1 is 1.17 bits per heavy atom. The number of hydrogen-bond acceptors (Lipinski definition) is 5. The van der Waals surface area contributed by atoms with E-state index in [-0.39, 0.29) is 17.0 Å². The van der Waals surface area contributed by atoms with E-state index in [1.54, 1.807) is 50.2 Å². The number of nitrogens with zero attached hydrogens (tertiary/aromatic N) is 2. The molecule has 0 aliphatic carbocycles. The molecule has 0 unspecified atom stereocenters. The number of ether oxygens (including phenoxy) is 1. The third-order valence-corrected chi connectivity index (χ3v) is 6.83. The molecule has 0 spiro atoms. The van der Waals surface area contributed by atoms with Gasteiger partial charge in [-0.2, -0.15) is 4.31 Å². The summed E-state index contributed by atoms with van der Waals surface area (Å²) in [6.07, 6.45) is 2.51. The number of rotatable bonds is 6. The van der Waals surface area contributed by atoms with Crippen molar-refractivity contribution >= 4 is 27.5 Å². The van der Waals surface area contributed by atoms with E-state index in [0.717, 1.165) is 0 Å².